The third-order valence-corrected chi connectivity index (χ3v) is 2.53. The molecule has 1 heterocycles. The second-order valence-corrected chi connectivity index (χ2v) is 3.80. The summed E-state index contributed by atoms with van der Waals surface area (Å²) in [4.78, 5) is 11.5. The molecule has 0 saturated heterocycles. The molecule has 0 bridgehead atoms. The zero-order chi connectivity index (χ0) is 10.8. The lowest BCUT2D eigenvalue weighted by Gasteiger charge is -2.25. The van der Waals surface area contributed by atoms with Gasteiger partial charge in [0.2, 0.25) is 0 Å². The molecular formula is C12H15NO2. The number of nitrogens with one attached hydrogen (secondary N) is 1. The molecule has 80 valence electrons. The molecule has 15 heavy (non-hydrogen) atoms. The number of Topliss-reactive ketones (excluding diaryl/α,β-unsaturated/α-hetero) is 1. The van der Waals surface area contributed by atoms with Crippen LogP contribution in [0.5, 0.6) is 5.75 Å². The van der Waals surface area contributed by atoms with Crippen LogP contribution in [0, 0.1) is 0 Å². The number of ketones is 1. The Bertz CT molecular complexity index is 387. The van der Waals surface area contributed by atoms with Gasteiger partial charge in [0.1, 0.15) is 11.9 Å². The van der Waals surface area contributed by atoms with Crippen molar-refractivity contribution in [3.05, 3.63) is 23.8 Å². The molecule has 0 spiro atoms. The number of benzene rings is 1. The van der Waals surface area contributed by atoms with Gasteiger partial charge >= 0.3 is 0 Å². The van der Waals surface area contributed by atoms with Gasteiger partial charge in [0.05, 0.1) is 12.2 Å². The van der Waals surface area contributed by atoms with E-state index in [0.717, 1.165) is 23.5 Å². The van der Waals surface area contributed by atoms with Crippen molar-refractivity contribution < 1.29 is 9.53 Å². The van der Waals surface area contributed by atoms with Crippen molar-refractivity contribution >= 4 is 11.5 Å². The van der Waals surface area contributed by atoms with Crippen LogP contribution in [0.15, 0.2) is 18.2 Å². The highest BCUT2D eigenvalue weighted by atomic mass is 16.5. The van der Waals surface area contributed by atoms with Gasteiger partial charge in [0.15, 0.2) is 5.78 Å². The fourth-order valence-corrected chi connectivity index (χ4v) is 1.66. The fourth-order valence-electron chi connectivity index (χ4n) is 1.66. The van der Waals surface area contributed by atoms with Crippen LogP contribution in [0.4, 0.5) is 5.69 Å². The predicted molar refractivity (Wildman–Crippen MR) is 59.6 cm³/mol. The van der Waals surface area contributed by atoms with Crippen molar-refractivity contribution in [3.63, 3.8) is 0 Å². The molecule has 0 radical (unpaired) electrons. The molecule has 2 rings (SSSR count). The molecule has 0 aliphatic carbocycles. The molecule has 1 aliphatic heterocycles. The van der Waals surface area contributed by atoms with Crippen LogP contribution in [0.1, 0.15) is 30.6 Å². The van der Waals surface area contributed by atoms with Gasteiger partial charge in [-0.05, 0) is 25.1 Å². The summed E-state index contributed by atoms with van der Waals surface area (Å²) in [6.45, 7) is 4.67. The second-order valence-electron chi connectivity index (χ2n) is 3.80. The predicted octanol–water partition coefficient (Wildman–Crippen LogP) is 2.47. The smallest absolute Gasteiger partial charge is 0.162 e. The number of hydrogen-bond acceptors (Lipinski definition) is 3. The van der Waals surface area contributed by atoms with Crippen molar-refractivity contribution in [1.29, 1.82) is 0 Å². The van der Waals surface area contributed by atoms with Gasteiger partial charge in [0.25, 0.3) is 0 Å². The molecule has 1 N–H and O–H groups in total. The summed E-state index contributed by atoms with van der Waals surface area (Å²) in [6, 6.07) is 5.55. The van der Waals surface area contributed by atoms with Crippen LogP contribution < -0.4 is 10.1 Å². The number of fused-ring (bicyclic) bond motifs is 1. The maximum absolute atomic E-state index is 11.5. The highest BCUT2D eigenvalue weighted by molar-refractivity contribution is 5.97. The SMILES string of the molecule is CCC(=O)c1ccc2c(c1)NCC(C)O2. The fraction of sp³-hybridized carbons (Fsp3) is 0.417. The van der Waals surface area contributed by atoms with Crippen LogP contribution in [0.2, 0.25) is 0 Å². The summed E-state index contributed by atoms with van der Waals surface area (Å²) in [7, 11) is 0. The van der Waals surface area contributed by atoms with E-state index in [4.69, 9.17) is 4.74 Å². The van der Waals surface area contributed by atoms with E-state index in [0.29, 0.717) is 6.42 Å². The Balaban J connectivity index is 2.30. The molecule has 0 fully saturated rings. The zero-order valence-corrected chi connectivity index (χ0v) is 9.04. The van der Waals surface area contributed by atoms with E-state index < -0.39 is 0 Å². The Hall–Kier alpha value is -1.51. The molecule has 1 aromatic rings. The number of hydrogen-bond donors (Lipinski definition) is 1. The Morgan fingerprint density at radius 2 is 2.40 bits per heavy atom. The van der Waals surface area contributed by atoms with Crippen molar-refractivity contribution in [2.24, 2.45) is 0 Å². The van der Waals surface area contributed by atoms with E-state index in [2.05, 4.69) is 5.32 Å². The second kappa shape index (κ2) is 3.93. The Labute approximate surface area is 89.4 Å². The average molecular weight is 205 g/mol. The van der Waals surface area contributed by atoms with Crippen molar-refractivity contribution in [1.82, 2.24) is 0 Å². The average Bonchev–Trinajstić information content (AvgIpc) is 2.27. The minimum Gasteiger partial charge on any atom is -0.487 e. The summed E-state index contributed by atoms with van der Waals surface area (Å²) in [5.41, 5.74) is 1.68. The van der Waals surface area contributed by atoms with E-state index in [1.54, 1.807) is 0 Å². The Morgan fingerprint density at radius 3 is 3.13 bits per heavy atom. The molecule has 3 heteroatoms. The first-order chi connectivity index (χ1) is 7.20. The monoisotopic (exact) mass is 205 g/mol. The number of rotatable bonds is 2. The van der Waals surface area contributed by atoms with Gasteiger partial charge < -0.3 is 10.1 Å². The Kier molecular flexibility index (Phi) is 2.62. The van der Waals surface area contributed by atoms with Crippen LogP contribution in [0.25, 0.3) is 0 Å². The lowest BCUT2D eigenvalue weighted by molar-refractivity contribution is 0.0988. The molecule has 0 aromatic heterocycles. The number of anilines is 1. The van der Waals surface area contributed by atoms with Gasteiger partial charge in [0, 0.05) is 12.0 Å². The summed E-state index contributed by atoms with van der Waals surface area (Å²) in [5, 5.41) is 3.25. The van der Waals surface area contributed by atoms with E-state index in [1.165, 1.54) is 0 Å². The van der Waals surface area contributed by atoms with Gasteiger partial charge in [-0.15, -0.1) is 0 Å². The van der Waals surface area contributed by atoms with E-state index in [9.17, 15) is 4.79 Å². The normalized spacial score (nSPS) is 18.7. The van der Waals surface area contributed by atoms with E-state index in [-0.39, 0.29) is 11.9 Å². The van der Waals surface area contributed by atoms with Crippen molar-refractivity contribution in [3.8, 4) is 5.75 Å². The Morgan fingerprint density at radius 1 is 1.60 bits per heavy atom. The molecule has 3 nitrogen and oxygen atoms in total. The highest BCUT2D eigenvalue weighted by Crippen LogP contribution is 2.30. The minimum atomic E-state index is 0.165. The third-order valence-electron chi connectivity index (χ3n) is 2.53. The molecule has 0 amide bonds. The lowest BCUT2D eigenvalue weighted by atomic mass is 10.1. The van der Waals surface area contributed by atoms with Gasteiger partial charge in [-0.3, -0.25) is 4.79 Å². The molecular weight excluding hydrogens is 190 g/mol. The summed E-state index contributed by atoms with van der Waals surface area (Å²) in [6.07, 6.45) is 0.723. The third kappa shape index (κ3) is 1.96. The quantitative estimate of drug-likeness (QED) is 0.754. The first kappa shape index (κ1) is 10.0. The van der Waals surface area contributed by atoms with Gasteiger partial charge in [-0.2, -0.15) is 0 Å². The maximum Gasteiger partial charge on any atom is 0.162 e. The molecule has 0 saturated carbocycles. The molecule has 1 unspecified atom stereocenters. The van der Waals surface area contributed by atoms with E-state index >= 15 is 0 Å². The maximum atomic E-state index is 11.5. The lowest BCUT2D eigenvalue weighted by Crippen LogP contribution is -2.27. The molecule has 1 atom stereocenters. The van der Waals surface area contributed by atoms with Crippen LogP contribution in [-0.4, -0.2) is 18.4 Å². The largest absolute Gasteiger partial charge is 0.487 e. The summed E-state index contributed by atoms with van der Waals surface area (Å²) in [5.74, 6) is 1.000. The van der Waals surface area contributed by atoms with Gasteiger partial charge in [-0.25, -0.2) is 0 Å². The van der Waals surface area contributed by atoms with Crippen LogP contribution in [-0.2, 0) is 0 Å². The number of ether oxygens (including phenoxy) is 1. The zero-order valence-electron chi connectivity index (χ0n) is 9.04. The van der Waals surface area contributed by atoms with Gasteiger partial charge in [-0.1, -0.05) is 6.92 Å². The topological polar surface area (TPSA) is 38.3 Å². The first-order valence-electron chi connectivity index (χ1n) is 5.28. The highest BCUT2D eigenvalue weighted by Gasteiger charge is 2.16. The number of carbonyl (C=O) groups is 1. The summed E-state index contributed by atoms with van der Waals surface area (Å²) >= 11 is 0. The van der Waals surface area contributed by atoms with E-state index in [1.807, 2.05) is 32.0 Å². The van der Waals surface area contributed by atoms with Crippen molar-refractivity contribution in [2.75, 3.05) is 11.9 Å². The van der Waals surface area contributed by atoms with Crippen LogP contribution in [0.3, 0.4) is 0 Å². The van der Waals surface area contributed by atoms with Crippen LogP contribution >= 0.6 is 0 Å². The molecule has 1 aromatic carbocycles. The minimum absolute atomic E-state index is 0.165. The first-order valence-corrected chi connectivity index (χ1v) is 5.28. The standard InChI is InChI=1S/C12H15NO2/c1-3-11(14)9-4-5-12-10(6-9)13-7-8(2)15-12/h4-6,8,13H,3,7H2,1-2H3. The summed E-state index contributed by atoms with van der Waals surface area (Å²) < 4.78 is 5.63. The molecule has 1 aliphatic rings. The number of carbonyl (C=O) groups excluding carboxylic acids is 1. The van der Waals surface area contributed by atoms with Crippen molar-refractivity contribution in [2.45, 2.75) is 26.4 Å².